The van der Waals surface area contributed by atoms with E-state index in [0.29, 0.717) is 0 Å². The molecule has 0 saturated heterocycles. The lowest BCUT2D eigenvalue weighted by Crippen LogP contribution is -1.85. The first-order valence-electron chi connectivity index (χ1n) is 5.12. The minimum absolute atomic E-state index is 0.278. The predicted molar refractivity (Wildman–Crippen MR) is 66.4 cm³/mol. The molecule has 2 aromatic carbocycles. The summed E-state index contributed by atoms with van der Waals surface area (Å²) in [6, 6.07) is 14.9. The minimum atomic E-state index is 0.278. The molecule has 78 valence electrons. The Hall–Kier alpha value is -0.990. The number of aliphatic hydroxyl groups excluding tert-OH is 1. The van der Waals surface area contributed by atoms with Crippen LogP contribution in [0.3, 0.4) is 0 Å². The van der Waals surface area contributed by atoms with Gasteiger partial charge in [-0.1, -0.05) is 30.3 Å². The third-order valence-electron chi connectivity index (χ3n) is 2.29. The van der Waals surface area contributed by atoms with Gasteiger partial charge in [-0.25, -0.2) is 0 Å². The molecule has 0 spiro atoms. The van der Waals surface area contributed by atoms with E-state index in [2.05, 4.69) is 42.5 Å². The largest absolute Gasteiger partial charge is 0.396 e. The minimum Gasteiger partial charge on any atom is -0.396 e. The molecule has 2 rings (SSSR count). The van der Waals surface area contributed by atoms with Crippen LogP contribution in [-0.2, 0) is 0 Å². The lowest BCUT2D eigenvalue weighted by molar-refractivity contribution is 0.296. The van der Waals surface area contributed by atoms with Crippen LogP contribution in [0.5, 0.6) is 0 Å². The zero-order valence-electron chi connectivity index (χ0n) is 8.52. The maximum absolute atomic E-state index is 8.70. The van der Waals surface area contributed by atoms with Crippen molar-refractivity contribution in [2.24, 2.45) is 0 Å². The monoisotopic (exact) mass is 218 g/mol. The van der Waals surface area contributed by atoms with Crippen LogP contribution in [0.4, 0.5) is 0 Å². The molecule has 1 nitrogen and oxygen atoms in total. The standard InChI is InChI=1S/C13H14OS/c14-8-3-9-15-13-7-6-11-4-1-2-5-12(11)10-13/h1-2,4-7,10,14H,3,8-9H2. The van der Waals surface area contributed by atoms with Crippen LogP contribution in [0.25, 0.3) is 10.8 Å². The molecule has 0 saturated carbocycles. The third kappa shape index (κ3) is 2.74. The molecule has 0 unspecified atom stereocenters. The lowest BCUT2D eigenvalue weighted by atomic mass is 10.1. The number of rotatable bonds is 4. The van der Waals surface area contributed by atoms with Gasteiger partial charge < -0.3 is 5.11 Å². The van der Waals surface area contributed by atoms with E-state index in [0.717, 1.165) is 12.2 Å². The molecule has 0 aliphatic carbocycles. The summed E-state index contributed by atoms with van der Waals surface area (Å²) < 4.78 is 0. The highest BCUT2D eigenvalue weighted by Crippen LogP contribution is 2.23. The lowest BCUT2D eigenvalue weighted by Gasteiger charge is -2.02. The maximum atomic E-state index is 8.70. The van der Waals surface area contributed by atoms with Crippen molar-refractivity contribution >= 4 is 22.5 Å². The molecule has 0 amide bonds. The summed E-state index contributed by atoms with van der Waals surface area (Å²) in [5, 5.41) is 11.3. The summed E-state index contributed by atoms with van der Waals surface area (Å²) in [7, 11) is 0. The van der Waals surface area contributed by atoms with Crippen LogP contribution < -0.4 is 0 Å². The number of hydrogen-bond acceptors (Lipinski definition) is 2. The molecule has 0 radical (unpaired) electrons. The van der Waals surface area contributed by atoms with Crippen LogP contribution in [0.1, 0.15) is 6.42 Å². The molecule has 1 N–H and O–H groups in total. The van der Waals surface area contributed by atoms with E-state index >= 15 is 0 Å². The van der Waals surface area contributed by atoms with Crippen molar-refractivity contribution in [2.45, 2.75) is 11.3 Å². The molecule has 0 fully saturated rings. The van der Waals surface area contributed by atoms with Gasteiger partial charge in [0.15, 0.2) is 0 Å². The van der Waals surface area contributed by atoms with E-state index in [1.807, 2.05) is 0 Å². The van der Waals surface area contributed by atoms with Crippen molar-refractivity contribution < 1.29 is 5.11 Å². The van der Waals surface area contributed by atoms with Crippen LogP contribution in [0, 0.1) is 0 Å². The second kappa shape index (κ2) is 5.19. The van der Waals surface area contributed by atoms with Crippen LogP contribution in [0.2, 0.25) is 0 Å². The molecule has 0 aliphatic rings. The molecular weight excluding hydrogens is 204 g/mol. The number of thioether (sulfide) groups is 1. The van der Waals surface area contributed by atoms with Crippen LogP contribution in [0.15, 0.2) is 47.4 Å². The van der Waals surface area contributed by atoms with Gasteiger partial charge in [-0.3, -0.25) is 0 Å². The van der Waals surface area contributed by atoms with E-state index in [9.17, 15) is 0 Å². The maximum Gasteiger partial charge on any atom is 0.0439 e. The Balaban J connectivity index is 2.16. The molecule has 0 aromatic heterocycles. The Labute approximate surface area is 94.1 Å². The predicted octanol–water partition coefficient (Wildman–Crippen LogP) is 3.31. The van der Waals surface area contributed by atoms with Crippen molar-refractivity contribution in [2.75, 3.05) is 12.4 Å². The number of benzene rings is 2. The van der Waals surface area contributed by atoms with E-state index in [-0.39, 0.29) is 6.61 Å². The van der Waals surface area contributed by atoms with Crippen LogP contribution >= 0.6 is 11.8 Å². The van der Waals surface area contributed by atoms with Crippen molar-refractivity contribution in [3.63, 3.8) is 0 Å². The molecule has 2 aromatic rings. The van der Waals surface area contributed by atoms with Gasteiger partial charge in [-0.15, -0.1) is 11.8 Å². The highest BCUT2D eigenvalue weighted by Gasteiger charge is 1.96. The molecular formula is C13H14OS. The van der Waals surface area contributed by atoms with E-state index in [4.69, 9.17) is 5.11 Å². The van der Waals surface area contributed by atoms with Crippen molar-refractivity contribution in [3.05, 3.63) is 42.5 Å². The summed E-state index contributed by atoms with van der Waals surface area (Å²) in [6.07, 6.45) is 0.859. The Morgan fingerprint density at radius 2 is 1.80 bits per heavy atom. The first-order valence-corrected chi connectivity index (χ1v) is 6.11. The Bertz CT molecular complexity index is 439. The fourth-order valence-electron chi connectivity index (χ4n) is 1.51. The Kier molecular flexibility index (Phi) is 3.64. The number of aliphatic hydroxyl groups is 1. The van der Waals surface area contributed by atoms with Gasteiger partial charge >= 0.3 is 0 Å². The second-order valence-electron chi connectivity index (χ2n) is 3.43. The Morgan fingerprint density at radius 3 is 2.60 bits per heavy atom. The molecule has 15 heavy (non-hydrogen) atoms. The van der Waals surface area contributed by atoms with Crippen LogP contribution in [-0.4, -0.2) is 17.5 Å². The van der Waals surface area contributed by atoms with Gasteiger partial charge in [0.05, 0.1) is 0 Å². The molecule has 0 aliphatic heterocycles. The smallest absolute Gasteiger partial charge is 0.0439 e. The fourth-order valence-corrected chi connectivity index (χ4v) is 2.40. The summed E-state index contributed by atoms with van der Waals surface area (Å²) >= 11 is 1.80. The molecule has 0 atom stereocenters. The summed E-state index contributed by atoms with van der Waals surface area (Å²) in [4.78, 5) is 1.28. The van der Waals surface area contributed by atoms with Crippen molar-refractivity contribution in [3.8, 4) is 0 Å². The Morgan fingerprint density at radius 1 is 1.00 bits per heavy atom. The van der Waals surface area contributed by atoms with Gasteiger partial charge in [0.2, 0.25) is 0 Å². The number of hydrogen-bond donors (Lipinski definition) is 1. The topological polar surface area (TPSA) is 20.2 Å². The zero-order valence-corrected chi connectivity index (χ0v) is 9.33. The van der Waals surface area contributed by atoms with Crippen molar-refractivity contribution in [1.82, 2.24) is 0 Å². The van der Waals surface area contributed by atoms with Gasteiger partial charge in [-0.05, 0) is 29.3 Å². The summed E-state index contributed by atoms with van der Waals surface area (Å²) in [5.74, 6) is 0.981. The average Bonchev–Trinajstić information content (AvgIpc) is 2.29. The van der Waals surface area contributed by atoms with E-state index in [1.165, 1.54) is 15.7 Å². The SMILES string of the molecule is OCCCSc1ccc2ccccc2c1. The first-order chi connectivity index (χ1) is 7.40. The van der Waals surface area contributed by atoms with Gasteiger partial charge in [0.1, 0.15) is 0 Å². The second-order valence-corrected chi connectivity index (χ2v) is 4.60. The number of fused-ring (bicyclic) bond motifs is 1. The quantitative estimate of drug-likeness (QED) is 0.627. The zero-order chi connectivity index (χ0) is 10.5. The van der Waals surface area contributed by atoms with Crippen molar-refractivity contribution in [1.29, 1.82) is 0 Å². The van der Waals surface area contributed by atoms with E-state index in [1.54, 1.807) is 11.8 Å². The normalized spacial score (nSPS) is 10.7. The molecule has 0 heterocycles. The third-order valence-corrected chi connectivity index (χ3v) is 3.37. The summed E-state index contributed by atoms with van der Waals surface area (Å²) in [6.45, 7) is 0.278. The van der Waals surface area contributed by atoms with E-state index < -0.39 is 0 Å². The highest BCUT2D eigenvalue weighted by atomic mass is 32.2. The first kappa shape index (κ1) is 10.5. The van der Waals surface area contributed by atoms with Gasteiger partial charge in [0.25, 0.3) is 0 Å². The molecule has 2 heteroatoms. The fraction of sp³-hybridized carbons (Fsp3) is 0.231. The summed E-state index contributed by atoms with van der Waals surface area (Å²) in [5.41, 5.74) is 0. The van der Waals surface area contributed by atoms with Gasteiger partial charge in [0, 0.05) is 17.3 Å². The highest BCUT2D eigenvalue weighted by molar-refractivity contribution is 7.99. The molecule has 0 bridgehead atoms. The average molecular weight is 218 g/mol. The van der Waals surface area contributed by atoms with Gasteiger partial charge in [-0.2, -0.15) is 0 Å².